The molecule has 0 saturated carbocycles. The third-order valence-corrected chi connectivity index (χ3v) is 5.14. The normalized spacial score (nSPS) is 14.6. The molecule has 3 aromatic carbocycles. The van der Waals surface area contributed by atoms with E-state index < -0.39 is 12.1 Å². The van der Waals surface area contributed by atoms with Crippen LogP contribution in [0.5, 0.6) is 11.5 Å². The minimum atomic E-state index is -0.923. The summed E-state index contributed by atoms with van der Waals surface area (Å²) >= 11 is 3.42. The van der Waals surface area contributed by atoms with Crippen LogP contribution in [0.15, 0.2) is 83.0 Å². The van der Waals surface area contributed by atoms with E-state index in [1.165, 1.54) is 0 Å². The van der Waals surface area contributed by atoms with Crippen molar-refractivity contribution in [3.05, 3.63) is 99.7 Å². The standard InChI is InChI=1S/C25H19BrO5/c1-2-29-25(28)24(17-8-4-3-5-9-17)30-19-11-12-20-21(15-19)31-22(23(20)27)14-16-7-6-10-18(26)13-16/h3-15,24H,2H2,1H3. The largest absolute Gasteiger partial charge is 0.474 e. The molecule has 1 aliphatic rings. The Labute approximate surface area is 188 Å². The first kappa shape index (κ1) is 20.9. The lowest BCUT2D eigenvalue weighted by molar-refractivity contribution is -0.151. The Morgan fingerprint density at radius 3 is 2.61 bits per heavy atom. The third-order valence-electron chi connectivity index (χ3n) is 4.64. The van der Waals surface area contributed by atoms with Crippen molar-refractivity contribution >= 4 is 33.8 Å². The lowest BCUT2D eigenvalue weighted by Gasteiger charge is -2.18. The number of Topliss-reactive ketones (excluding diaryl/α,β-unsaturated/α-hetero) is 1. The van der Waals surface area contributed by atoms with Gasteiger partial charge in [-0.25, -0.2) is 4.79 Å². The Kier molecular flexibility index (Phi) is 6.18. The number of ketones is 1. The SMILES string of the molecule is CCOC(=O)C(Oc1ccc2c(c1)OC(=Cc1cccc(Br)c1)C2=O)c1ccccc1. The first-order chi connectivity index (χ1) is 15.0. The molecular weight excluding hydrogens is 460 g/mol. The Morgan fingerprint density at radius 2 is 1.87 bits per heavy atom. The van der Waals surface area contributed by atoms with Gasteiger partial charge in [0.2, 0.25) is 11.9 Å². The number of carbonyl (C=O) groups excluding carboxylic acids is 2. The number of rotatable bonds is 6. The molecule has 0 bridgehead atoms. The predicted octanol–water partition coefficient (Wildman–Crippen LogP) is 5.75. The van der Waals surface area contributed by atoms with Gasteiger partial charge in [-0.1, -0.05) is 58.4 Å². The van der Waals surface area contributed by atoms with E-state index in [2.05, 4.69) is 15.9 Å². The summed E-state index contributed by atoms with van der Waals surface area (Å²) in [6, 6.07) is 21.6. The molecule has 1 atom stereocenters. The number of carbonyl (C=O) groups is 2. The maximum absolute atomic E-state index is 12.7. The number of hydrogen-bond donors (Lipinski definition) is 0. The van der Waals surface area contributed by atoms with Crippen LogP contribution in [0.25, 0.3) is 6.08 Å². The zero-order valence-electron chi connectivity index (χ0n) is 16.7. The molecule has 0 radical (unpaired) electrons. The smallest absolute Gasteiger partial charge is 0.352 e. The number of fused-ring (bicyclic) bond motifs is 1. The molecule has 1 aliphatic heterocycles. The van der Waals surface area contributed by atoms with Crippen molar-refractivity contribution in [3.63, 3.8) is 0 Å². The van der Waals surface area contributed by atoms with Gasteiger partial charge < -0.3 is 14.2 Å². The van der Waals surface area contributed by atoms with Crippen LogP contribution in [-0.2, 0) is 9.53 Å². The van der Waals surface area contributed by atoms with E-state index in [0.717, 1.165) is 10.0 Å². The van der Waals surface area contributed by atoms with Gasteiger partial charge in [0.05, 0.1) is 12.2 Å². The van der Waals surface area contributed by atoms with Gasteiger partial charge in [0.1, 0.15) is 11.5 Å². The second kappa shape index (κ2) is 9.18. The van der Waals surface area contributed by atoms with Gasteiger partial charge in [0, 0.05) is 16.1 Å². The average Bonchev–Trinajstić information content (AvgIpc) is 3.07. The molecule has 1 unspecified atom stereocenters. The van der Waals surface area contributed by atoms with Crippen LogP contribution in [0.1, 0.15) is 34.5 Å². The number of allylic oxidation sites excluding steroid dienone is 1. The van der Waals surface area contributed by atoms with Crippen molar-refractivity contribution in [1.29, 1.82) is 0 Å². The van der Waals surface area contributed by atoms with E-state index in [4.69, 9.17) is 14.2 Å². The number of hydrogen-bond acceptors (Lipinski definition) is 5. The summed E-state index contributed by atoms with van der Waals surface area (Å²) in [5.74, 6) is 0.333. The molecule has 0 saturated heterocycles. The fourth-order valence-corrected chi connectivity index (χ4v) is 3.64. The first-order valence-electron chi connectivity index (χ1n) is 9.77. The third kappa shape index (κ3) is 4.70. The van der Waals surface area contributed by atoms with Crippen LogP contribution in [-0.4, -0.2) is 18.4 Å². The lowest BCUT2D eigenvalue weighted by atomic mass is 10.1. The number of benzene rings is 3. The number of halogens is 1. The highest BCUT2D eigenvalue weighted by molar-refractivity contribution is 9.10. The summed E-state index contributed by atoms with van der Waals surface area (Å²) < 4.78 is 17.8. The van der Waals surface area contributed by atoms with Crippen LogP contribution in [0.4, 0.5) is 0 Å². The summed E-state index contributed by atoms with van der Waals surface area (Å²) in [4.78, 5) is 25.2. The molecule has 6 heteroatoms. The fraction of sp³-hybridized carbons (Fsp3) is 0.120. The molecule has 3 aromatic rings. The molecule has 4 rings (SSSR count). The van der Waals surface area contributed by atoms with Crippen molar-refractivity contribution in [2.45, 2.75) is 13.0 Å². The summed E-state index contributed by atoms with van der Waals surface area (Å²) in [7, 11) is 0. The highest BCUT2D eigenvalue weighted by atomic mass is 79.9. The monoisotopic (exact) mass is 478 g/mol. The number of esters is 1. The zero-order valence-corrected chi connectivity index (χ0v) is 18.3. The van der Waals surface area contributed by atoms with Gasteiger partial charge in [0.25, 0.3) is 0 Å². The van der Waals surface area contributed by atoms with E-state index >= 15 is 0 Å². The topological polar surface area (TPSA) is 61.8 Å². The maximum atomic E-state index is 12.7. The molecule has 5 nitrogen and oxygen atoms in total. The van der Waals surface area contributed by atoms with Crippen LogP contribution in [0.3, 0.4) is 0 Å². The summed E-state index contributed by atoms with van der Waals surface area (Å²) in [5.41, 5.74) is 1.96. The second-order valence-corrected chi connectivity index (χ2v) is 7.73. The van der Waals surface area contributed by atoms with Gasteiger partial charge in [-0.05, 0) is 42.8 Å². The minimum Gasteiger partial charge on any atom is -0.474 e. The van der Waals surface area contributed by atoms with E-state index in [1.807, 2.05) is 42.5 Å². The maximum Gasteiger partial charge on any atom is 0.352 e. The van der Waals surface area contributed by atoms with Crippen molar-refractivity contribution in [2.24, 2.45) is 0 Å². The highest BCUT2D eigenvalue weighted by Gasteiger charge is 2.29. The Morgan fingerprint density at radius 1 is 1.06 bits per heavy atom. The highest BCUT2D eigenvalue weighted by Crippen LogP contribution is 2.36. The van der Waals surface area contributed by atoms with Crippen molar-refractivity contribution in [3.8, 4) is 11.5 Å². The Bertz CT molecular complexity index is 1150. The van der Waals surface area contributed by atoms with E-state index in [-0.39, 0.29) is 18.1 Å². The molecule has 156 valence electrons. The fourth-order valence-electron chi connectivity index (χ4n) is 3.22. The van der Waals surface area contributed by atoms with Gasteiger partial charge in [-0.2, -0.15) is 0 Å². The van der Waals surface area contributed by atoms with Gasteiger partial charge in [-0.3, -0.25) is 4.79 Å². The zero-order chi connectivity index (χ0) is 21.8. The van der Waals surface area contributed by atoms with Gasteiger partial charge in [0.15, 0.2) is 5.76 Å². The quantitative estimate of drug-likeness (QED) is 0.333. The molecule has 0 amide bonds. The predicted molar refractivity (Wildman–Crippen MR) is 120 cm³/mol. The van der Waals surface area contributed by atoms with Crippen LogP contribution >= 0.6 is 15.9 Å². The van der Waals surface area contributed by atoms with Crippen LogP contribution in [0, 0.1) is 0 Å². The molecule has 31 heavy (non-hydrogen) atoms. The second-order valence-electron chi connectivity index (χ2n) is 6.81. The molecule has 0 aromatic heterocycles. The molecule has 0 spiro atoms. The molecule has 0 fully saturated rings. The Balaban J connectivity index is 1.59. The number of ether oxygens (including phenoxy) is 3. The lowest BCUT2D eigenvalue weighted by Crippen LogP contribution is -2.21. The first-order valence-corrected chi connectivity index (χ1v) is 10.6. The molecular formula is C25H19BrO5. The summed E-state index contributed by atoms with van der Waals surface area (Å²) in [5, 5.41) is 0. The van der Waals surface area contributed by atoms with E-state index in [0.29, 0.717) is 22.6 Å². The van der Waals surface area contributed by atoms with E-state index in [9.17, 15) is 9.59 Å². The summed E-state index contributed by atoms with van der Waals surface area (Å²) in [6.45, 7) is 1.99. The molecule has 1 heterocycles. The van der Waals surface area contributed by atoms with Gasteiger partial charge >= 0.3 is 5.97 Å². The van der Waals surface area contributed by atoms with Crippen LogP contribution < -0.4 is 9.47 Å². The Hall–Kier alpha value is -3.38. The van der Waals surface area contributed by atoms with Crippen molar-refractivity contribution in [1.82, 2.24) is 0 Å². The molecule has 0 aliphatic carbocycles. The van der Waals surface area contributed by atoms with Crippen molar-refractivity contribution < 1.29 is 23.8 Å². The van der Waals surface area contributed by atoms with Crippen LogP contribution in [0.2, 0.25) is 0 Å². The van der Waals surface area contributed by atoms with Gasteiger partial charge in [-0.15, -0.1) is 0 Å². The van der Waals surface area contributed by atoms with Crippen molar-refractivity contribution in [2.75, 3.05) is 6.61 Å². The summed E-state index contributed by atoms with van der Waals surface area (Å²) in [6.07, 6.45) is 0.770. The van der Waals surface area contributed by atoms with E-state index in [1.54, 1.807) is 43.3 Å². The molecule has 0 N–H and O–H groups in total. The average molecular weight is 479 g/mol. The minimum absolute atomic E-state index is 0.202.